The van der Waals surface area contributed by atoms with Gasteiger partial charge in [0.05, 0.1) is 24.5 Å². The molecule has 1 aromatic carbocycles. The SMILES string of the molecule is CC1CN(c2c(CO)cc(CN)c(F)c2F)CC(C)O1. The van der Waals surface area contributed by atoms with E-state index in [1.54, 1.807) is 4.90 Å². The van der Waals surface area contributed by atoms with Crippen molar-refractivity contribution in [2.45, 2.75) is 39.2 Å². The highest BCUT2D eigenvalue weighted by Gasteiger charge is 2.28. The molecule has 1 heterocycles. The number of benzene rings is 1. The molecular formula is C14H20F2N2O2. The van der Waals surface area contributed by atoms with Crippen molar-refractivity contribution in [1.82, 2.24) is 0 Å². The fourth-order valence-corrected chi connectivity index (χ4v) is 2.70. The monoisotopic (exact) mass is 286 g/mol. The standard InChI is InChI=1S/C14H20F2N2O2/c1-8-5-18(6-9(2)20-8)14-11(7-19)3-10(4-17)12(15)13(14)16/h3,8-9,19H,4-7,17H2,1-2H3. The van der Waals surface area contributed by atoms with Crippen LogP contribution in [0.4, 0.5) is 14.5 Å². The van der Waals surface area contributed by atoms with Crippen molar-refractivity contribution in [3.05, 3.63) is 28.8 Å². The molecule has 0 aromatic heterocycles. The molecule has 2 atom stereocenters. The van der Waals surface area contributed by atoms with Crippen LogP contribution >= 0.6 is 0 Å². The van der Waals surface area contributed by atoms with E-state index in [4.69, 9.17) is 10.5 Å². The third kappa shape index (κ3) is 2.77. The van der Waals surface area contributed by atoms with E-state index < -0.39 is 11.6 Å². The molecular weight excluding hydrogens is 266 g/mol. The normalized spacial score (nSPS) is 23.2. The van der Waals surface area contributed by atoms with E-state index in [0.717, 1.165) is 0 Å². The molecule has 20 heavy (non-hydrogen) atoms. The van der Waals surface area contributed by atoms with Crippen LogP contribution in [-0.4, -0.2) is 30.4 Å². The number of hydrogen-bond acceptors (Lipinski definition) is 4. The van der Waals surface area contributed by atoms with Crippen molar-refractivity contribution in [2.75, 3.05) is 18.0 Å². The number of aliphatic hydroxyl groups excluding tert-OH is 1. The van der Waals surface area contributed by atoms with Crippen LogP contribution in [-0.2, 0) is 17.9 Å². The molecule has 0 amide bonds. The Morgan fingerprint density at radius 2 is 1.85 bits per heavy atom. The van der Waals surface area contributed by atoms with Crippen LogP contribution in [0, 0.1) is 11.6 Å². The van der Waals surface area contributed by atoms with Crippen LogP contribution in [0.3, 0.4) is 0 Å². The number of rotatable bonds is 3. The molecule has 1 aliphatic heterocycles. The van der Waals surface area contributed by atoms with Crippen LogP contribution in [0.2, 0.25) is 0 Å². The van der Waals surface area contributed by atoms with Gasteiger partial charge in [-0.1, -0.05) is 0 Å². The summed E-state index contributed by atoms with van der Waals surface area (Å²) in [5, 5.41) is 9.43. The highest BCUT2D eigenvalue weighted by molar-refractivity contribution is 5.57. The van der Waals surface area contributed by atoms with Gasteiger partial charge in [0, 0.05) is 30.8 Å². The topological polar surface area (TPSA) is 58.7 Å². The summed E-state index contributed by atoms with van der Waals surface area (Å²) in [7, 11) is 0. The van der Waals surface area contributed by atoms with E-state index >= 15 is 0 Å². The predicted molar refractivity (Wildman–Crippen MR) is 72.4 cm³/mol. The van der Waals surface area contributed by atoms with Crippen molar-refractivity contribution in [3.8, 4) is 0 Å². The lowest BCUT2D eigenvalue weighted by Crippen LogP contribution is -2.46. The molecule has 6 heteroatoms. The van der Waals surface area contributed by atoms with E-state index in [9.17, 15) is 13.9 Å². The Morgan fingerprint density at radius 3 is 2.35 bits per heavy atom. The summed E-state index contributed by atoms with van der Waals surface area (Å²) in [6.07, 6.45) is -0.163. The Labute approximate surface area is 117 Å². The van der Waals surface area contributed by atoms with Gasteiger partial charge in [-0.25, -0.2) is 8.78 Å². The zero-order valence-corrected chi connectivity index (χ0v) is 11.7. The number of morpholine rings is 1. The number of aliphatic hydroxyl groups is 1. The Bertz CT molecular complexity index is 487. The molecule has 0 aliphatic carbocycles. The molecule has 2 unspecified atom stereocenters. The van der Waals surface area contributed by atoms with Crippen molar-refractivity contribution in [2.24, 2.45) is 5.73 Å². The maximum absolute atomic E-state index is 14.3. The number of hydrogen-bond donors (Lipinski definition) is 2. The van der Waals surface area contributed by atoms with E-state index in [0.29, 0.717) is 18.7 Å². The van der Waals surface area contributed by atoms with Crippen molar-refractivity contribution in [3.63, 3.8) is 0 Å². The van der Waals surface area contributed by atoms with Crippen molar-refractivity contribution >= 4 is 5.69 Å². The van der Waals surface area contributed by atoms with Crippen LogP contribution < -0.4 is 10.6 Å². The van der Waals surface area contributed by atoms with Gasteiger partial charge in [0.15, 0.2) is 11.6 Å². The predicted octanol–water partition coefficient (Wildman–Crippen LogP) is 1.53. The Morgan fingerprint density at radius 1 is 1.25 bits per heavy atom. The second-order valence-corrected chi connectivity index (χ2v) is 5.20. The summed E-state index contributed by atoms with van der Waals surface area (Å²) in [6.45, 7) is 4.20. The molecule has 0 bridgehead atoms. The molecule has 0 saturated carbocycles. The first-order valence-electron chi connectivity index (χ1n) is 6.69. The molecule has 3 N–H and O–H groups in total. The molecule has 1 saturated heterocycles. The molecule has 4 nitrogen and oxygen atoms in total. The quantitative estimate of drug-likeness (QED) is 0.884. The Kier molecular flexibility index (Phi) is 4.57. The third-order valence-corrected chi connectivity index (χ3v) is 3.46. The van der Waals surface area contributed by atoms with Crippen LogP contribution in [0.1, 0.15) is 25.0 Å². The van der Waals surface area contributed by atoms with Crippen LogP contribution in [0.25, 0.3) is 0 Å². The molecule has 1 fully saturated rings. The third-order valence-electron chi connectivity index (χ3n) is 3.46. The lowest BCUT2D eigenvalue weighted by atomic mass is 10.0. The van der Waals surface area contributed by atoms with Gasteiger partial charge in [-0.05, 0) is 19.9 Å². The number of halogens is 2. The van der Waals surface area contributed by atoms with Gasteiger partial charge in [-0.3, -0.25) is 0 Å². The minimum absolute atomic E-state index is 0.0738. The summed E-state index contributed by atoms with van der Waals surface area (Å²) in [4.78, 5) is 1.73. The first-order chi connectivity index (χ1) is 9.47. The number of nitrogens with zero attached hydrogens (tertiary/aromatic N) is 1. The number of nitrogens with two attached hydrogens (primary N) is 1. The summed E-state index contributed by atoms with van der Waals surface area (Å²) in [6, 6.07) is 1.43. The van der Waals surface area contributed by atoms with E-state index in [1.165, 1.54) is 6.07 Å². The van der Waals surface area contributed by atoms with E-state index in [1.807, 2.05) is 13.8 Å². The lowest BCUT2D eigenvalue weighted by Gasteiger charge is -2.38. The highest BCUT2D eigenvalue weighted by Crippen LogP contribution is 2.31. The second kappa shape index (κ2) is 6.03. The summed E-state index contributed by atoms with van der Waals surface area (Å²) in [5.41, 5.74) is 5.94. The minimum Gasteiger partial charge on any atom is -0.392 e. The fourth-order valence-electron chi connectivity index (χ4n) is 2.70. The van der Waals surface area contributed by atoms with E-state index in [2.05, 4.69) is 0 Å². The zero-order chi connectivity index (χ0) is 14.9. The lowest BCUT2D eigenvalue weighted by molar-refractivity contribution is -0.00554. The smallest absolute Gasteiger partial charge is 0.182 e. The average molecular weight is 286 g/mol. The fraction of sp³-hybridized carbons (Fsp3) is 0.571. The van der Waals surface area contributed by atoms with Crippen LogP contribution in [0.15, 0.2) is 6.07 Å². The van der Waals surface area contributed by atoms with Gasteiger partial charge >= 0.3 is 0 Å². The van der Waals surface area contributed by atoms with Crippen molar-refractivity contribution in [1.29, 1.82) is 0 Å². The van der Waals surface area contributed by atoms with Gasteiger partial charge in [0.1, 0.15) is 0 Å². The second-order valence-electron chi connectivity index (χ2n) is 5.20. The first-order valence-corrected chi connectivity index (χ1v) is 6.69. The minimum atomic E-state index is -0.946. The molecule has 1 aromatic rings. The van der Waals surface area contributed by atoms with E-state index in [-0.39, 0.29) is 36.6 Å². The van der Waals surface area contributed by atoms with Crippen LogP contribution in [0.5, 0.6) is 0 Å². The first kappa shape index (κ1) is 15.2. The molecule has 112 valence electrons. The summed E-state index contributed by atoms with van der Waals surface area (Å²) in [5.74, 6) is -1.88. The summed E-state index contributed by atoms with van der Waals surface area (Å²) >= 11 is 0. The molecule has 0 radical (unpaired) electrons. The number of anilines is 1. The van der Waals surface area contributed by atoms with Gasteiger partial charge in [0.25, 0.3) is 0 Å². The van der Waals surface area contributed by atoms with Gasteiger partial charge in [0.2, 0.25) is 0 Å². The maximum Gasteiger partial charge on any atom is 0.182 e. The number of ether oxygens (including phenoxy) is 1. The largest absolute Gasteiger partial charge is 0.392 e. The van der Waals surface area contributed by atoms with Gasteiger partial charge in [-0.2, -0.15) is 0 Å². The summed E-state index contributed by atoms with van der Waals surface area (Å²) < 4.78 is 33.8. The molecule has 1 aliphatic rings. The molecule has 2 rings (SSSR count). The highest BCUT2D eigenvalue weighted by atomic mass is 19.2. The average Bonchev–Trinajstić information content (AvgIpc) is 2.40. The Hall–Kier alpha value is -1.24. The van der Waals surface area contributed by atoms with Gasteiger partial charge in [-0.15, -0.1) is 0 Å². The molecule has 0 spiro atoms. The maximum atomic E-state index is 14.3. The van der Waals surface area contributed by atoms with Gasteiger partial charge < -0.3 is 20.5 Å². The van der Waals surface area contributed by atoms with Crippen molar-refractivity contribution < 1.29 is 18.6 Å². The zero-order valence-electron chi connectivity index (χ0n) is 11.7. The Balaban J connectivity index is 2.47.